The van der Waals surface area contributed by atoms with Gasteiger partial charge in [0.25, 0.3) is 0 Å². The number of carbonyl (C=O) groups is 2. The van der Waals surface area contributed by atoms with Gasteiger partial charge in [-0.15, -0.1) is 0 Å². The Kier molecular flexibility index (Phi) is 8.73. The molecule has 6 fully saturated rings. The zero-order valence-corrected chi connectivity index (χ0v) is 28.9. The largest absolute Gasteiger partial charge is 0.481 e. The van der Waals surface area contributed by atoms with Crippen LogP contribution in [-0.2, 0) is 35.5 Å². The lowest BCUT2D eigenvalue weighted by molar-refractivity contribution is -1.08. The number of carboxylic acid groups (broad SMARTS) is 2. The van der Waals surface area contributed by atoms with Crippen molar-refractivity contribution in [2.24, 2.45) is 11.8 Å². The molecule has 8 heteroatoms. The van der Waals surface area contributed by atoms with Gasteiger partial charge < -0.3 is 28.1 Å². The van der Waals surface area contributed by atoms with Gasteiger partial charge in [-0.1, -0.05) is 72.8 Å². The molecule has 0 amide bonds. The molecule has 3 aromatic rings. The SMILES string of the molecule is C[N+]12CC[N+](Cc3ccc(-c4ccc(C[C@@H](C(=O)O)[C@@H](Cc5cccc(C[N+]67CC[N+](C)(CC6)CC7)c5)C(=O)O)cc4)cc3)(CC1)CC2. The monoisotopic (exact) mass is 654 g/mol. The number of carboxylic acids is 2. The van der Waals surface area contributed by atoms with Crippen molar-refractivity contribution in [1.82, 2.24) is 0 Å². The summed E-state index contributed by atoms with van der Waals surface area (Å²) in [5, 5.41) is 20.5. The third-order valence-electron chi connectivity index (χ3n) is 13.0. The zero-order chi connectivity index (χ0) is 33.6. The first kappa shape index (κ1) is 33.0. The van der Waals surface area contributed by atoms with Crippen molar-refractivity contribution in [1.29, 1.82) is 0 Å². The first-order chi connectivity index (χ1) is 22.9. The predicted octanol–water partition coefficient (Wildman–Crippen LogP) is 4.12. The second-order valence-corrected chi connectivity index (χ2v) is 16.4. The number of rotatable bonds is 12. The molecule has 0 aromatic heterocycles. The number of hydrogen-bond acceptors (Lipinski definition) is 2. The molecule has 6 heterocycles. The van der Waals surface area contributed by atoms with E-state index in [-0.39, 0.29) is 12.8 Å². The molecule has 6 saturated heterocycles. The van der Waals surface area contributed by atoms with E-state index < -0.39 is 23.8 Å². The smallest absolute Gasteiger partial charge is 0.307 e. The second kappa shape index (κ2) is 12.7. The van der Waals surface area contributed by atoms with Crippen LogP contribution in [0.1, 0.15) is 22.3 Å². The summed E-state index contributed by atoms with van der Waals surface area (Å²) >= 11 is 0. The van der Waals surface area contributed by atoms with E-state index >= 15 is 0 Å². The van der Waals surface area contributed by atoms with Gasteiger partial charge in [0.1, 0.15) is 91.6 Å². The van der Waals surface area contributed by atoms with E-state index in [0.717, 1.165) is 39.8 Å². The Morgan fingerprint density at radius 2 is 0.896 bits per heavy atom. The number of piperazine rings is 6. The Morgan fingerprint density at radius 3 is 1.33 bits per heavy atom. The van der Waals surface area contributed by atoms with Crippen LogP contribution in [-0.4, -0.2) is 133 Å². The van der Waals surface area contributed by atoms with Crippen molar-refractivity contribution < 1.29 is 37.7 Å². The average Bonchev–Trinajstić information content (AvgIpc) is 3.08. The van der Waals surface area contributed by atoms with Crippen molar-refractivity contribution in [3.63, 3.8) is 0 Å². The summed E-state index contributed by atoms with van der Waals surface area (Å²) in [6.45, 7) is 16.9. The van der Waals surface area contributed by atoms with Gasteiger partial charge in [0.15, 0.2) is 0 Å². The molecular weight excluding hydrogens is 600 g/mol. The molecular formula is C40H54N4O4+4. The summed E-state index contributed by atoms with van der Waals surface area (Å²) in [6, 6.07) is 25.1. The van der Waals surface area contributed by atoms with E-state index in [0.29, 0.717) is 0 Å². The molecule has 254 valence electrons. The van der Waals surface area contributed by atoms with Crippen LogP contribution < -0.4 is 0 Å². The fraction of sp³-hybridized carbons (Fsp3) is 0.500. The molecule has 3 aromatic carbocycles. The number of quaternary nitrogens is 4. The van der Waals surface area contributed by atoms with Crippen molar-refractivity contribution in [2.75, 3.05) is 92.6 Å². The Bertz CT molecular complexity index is 1600. The second-order valence-electron chi connectivity index (χ2n) is 16.4. The third kappa shape index (κ3) is 6.95. The minimum absolute atomic E-state index is 0.181. The van der Waals surface area contributed by atoms with Gasteiger partial charge >= 0.3 is 11.9 Å². The van der Waals surface area contributed by atoms with Crippen molar-refractivity contribution >= 4 is 11.9 Å². The molecule has 0 aliphatic carbocycles. The predicted molar refractivity (Wildman–Crippen MR) is 187 cm³/mol. The van der Waals surface area contributed by atoms with E-state index in [1.165, 1.54) is 103 Å². The maximum Gasteiger partial charge on any atom is 0.307 e. The molecule has 0 saturated carbocycles. The number of fused-ring (bicyclic) bond motifs is 6. The molecule has 0 spiro atoms. The van der Waals surface area contributed by atoms with Gasteiger partial charge in [-0.3, -0.25) is 9.59 Å². The number of benzene rings is 3. The lowest BCUT2D eigenvalue weighted by Crippen LogP contribution is -2.73. The number of likely N-dealkylation sites (N-methyl/N-ethyl adjacent to an activating group) is 2. The molecule has 48 heavy (non-hydrogen) atoms. The van der Waals surface area contributed by atoms with Crippen LogP contribution in [0.25, 0.3) is 11.1 Å². The van der Waals surface area contributed by atoms with E-state index in [4.69, 9.17) is 0 Å². The molecule has 9 rings (SSSR count). The quantitative estimate of drug-likeness (QED) is 0.289. The first-order valence-corrected chi connectivity index (χ1v) is 18.0. The topological polar surface area (TPSA) is 74.6 Å². The van der Waals surface area contributed by atoms with E-state index in [2.05, 4.69) is 50.5 Å². The highest BCUT2D eigenvalue weighted by Gasteiger charge is 2.47. The standard InChI is InChI=1S/C40H52N4O4/c1-41-14-20-43(21-15-41,22-16-41)29-32-8-12-36(13-9-32)35-10-6-31(7-11-35)27-37(39(45)46)38(40(47)48)28-33-4-3-5-34(26-33)30-44-23-17-42(2,18-24-44)19-25-44/h3-13,26,37-38H,14-25,27-30H2,1-2H3/q+2/p+2/t37-,38-,41?,42?,43?,44?/m1/s1. The fourth-order valence-corrected chi connectivity index (χ4v) is 9.11. The highest BCUT2D eigenvalue weighted by molar-refractivity contribution is 5.80. The van der Waals surface area contributed by atoms with Gasteiger partial charge in [0.2, 0.25) is 0 Å². The van der Waals surface area contributed by atoms with Gasteiger partial charge in [-0.25, -0.2) is 0 Å². The Hall–Kier alpha value is -3.56. The highest BCUT2D eigenvalue weighted by Crippen LogP contribution is 2.31. The summed E-state index contributed by atoms with van der Waals surface area (Å²) in [4.78, 5) is 25.1. The maximum atomic E-state index is 12.6. The van der Waals surface area contributed by atoms with E-state index in [1.807, 2.05) is 36.4 Å². The molecule has 8 nitrogen and oxygen atoms in total. The Morgan fingerprint density at radius 1 is 0.521 bits per heavy atom. The van der Waals surface area contributed by atoms with Gasteiger partial charge in [0, 0.05) is 11.1 Å². The van der Waals surface area contributed by atoms with Gasteiger partial charge in [-0.2, -0.15) is 0 Å². The Labute approximate surface area is 285 Å². The van der Waals surface area contributed by atoms with Crippen LogP contribution in [0.4, 0.5) is 0 Å². The van der Waals surface area contributed by atoms with Crippen LogP contribution in [0.2, 0.25) is 0 Å². The molecule has 2 atom stereocenters. The van der Waals surface area contributed by atoms with E-state index in [1.54, 1.807) is 0 Å². The maximum absolute atomic E-state index is 12.6. The molecule has 6 aliphatic heterocycles. The summed E-state index contributed by atoms with van der Waals surface area (Å²) in [7, 11) is 4.77. The van der Waals surface area contributed by atoms with E-state index in [9.17, 15) is 19.8 Å². The van der Waals surface area contributed by atoms with Gasteiger partial charge in [0.05, 0.1) is 25.9 Å². The van der Waals surface area contributed by atoms with Gasteiger partial charge in [-0.05, 0) is 35.1 Å². The summed E-state index contributed by atoms with van der Waals surface area (Å²) < 4.78 is 4.75. The first-order valence-electron chi connectivity index (χ1n) is 18.0. The molecule has 4 bridgehead atoms. The number of nitrogens with zero attached hydrogens (tertiary/aromatic N) is 4. The normalized spacial score (nSPS) is 30.5. The summed E-state index contributed by atoms with van der Waals surface area (Å²) in [6.07, 6.45) is 0.387. The summed E-state index contributed by atoms with van der Waals surface area (Å²) in [5.74, 6) is -4.15. The zero-order valence-electron chi connectivity index (χ0n) is 28.9. The Balaban J connectivity index is 0.996. The van der Waals surface area contributed by atoms with Crippen LogP contribution in [0, 0.1) is 11.8 Å². The molecule has 6 aliphatic rings. The molecule has 0 unspecified atom stereocenters. The van der Waals surface area contributed by atoms with Crippen LogP contribution in [0.3, 0.4) is 0 Å². The highest BCUT2D eigenvalue weighted by atomic mass is 16.4. The number of aliphatic carboxylic acids is 2. The minimum Gasteiger partial charge on any atom is -0.481 e. The number of hydrogen-bond donors (Lipinski definition) is 2. The fourth-order valence-electron chi connectivity index (χ4n) is 9.11. The molecule has 2 N–H and O–H groups in total. The van der Waals surface area contributed by atoms with Crippen LogP contribution >= 0.6 is 0 Å². The minimum atomic E-state index is -1.06. The van der Waals surface area contributed by atoms with Crippen LogP contribution in [0.5, 0.6) is 0 Å². The van der Waals surface area contributed by atoms with Crippen molar-refractivity contribution in [2.45, 2.75) is 25.9 Å². The average molecular weight is 655 g/mol. The molecule has 0 radical (unpaired) electrons. The summed E-state index contributed by atoms with van der Waals surface area (Å²) in [5.41, 5.74) is 6.57. The lowest BCUT2D eigenvalue weighted by atomic mass is 9.82. The van der Waals surface area contributed by atoms with Crippen molar-refractivity contribution in [3.05, 3.63) is 95.1 Å². The van der Waals surface area contributed by atoms with Crippen LogP contribution in [0.15, 0.2) is 72.8 Å². The van der Waals surface area contributed by atoms with Crippen molar-refractivity contribution in [3.8, 4) is 11.1 Å². The third-order valence-corrected chi connectivity index (χ3v) is 13.0. The lowest BCUT2D eigenvalue weighted by Gasteiger charge is -2.54.